The number of carbonyl (C=O) groups excluding carboxylic acids is 1. The highest BCUT2D eigenvalue weighted by atomic mass is 35.5. The lowest BCUT2D eigenvalue weighted by atomic mass is 9.81. The Morgan fingerprint density at radius 2 is 1.94 bits per heavy atom. The second kappa shape index (κ2) is 4.77. The summed E-state index contributed by atoms with van der Waals surface area (Å²) in [6.07, 6.45) is 5.92. The van der Waals surface area contributed by atoms with E-state index in [-0.39, 0.29) is 12.4 Å². The van der Waals surface area contributed by atoms with Gasteiger partial charge in [-0.05, 0) is 56.5 Å². The Morgan fingerprint density at radius 3 is 2.53 bits per heavy atom. The number of amides is 1. The van der Waals surface area contributed by atoms with Gasteiger partial charge in [0.1, 0.15) is 0 Å². The minimum absolute atomic E-state index is 0. The molecule has 1 spiro atoms. The van der Waals surface area contributed by atoms with E-state index in [1.807, 2.05) is 0 Å². The maximum Gasteiger partial charge on any atom is 0.223 e. The first-order valence-electron chi connectivity index (χ1n) is 6.71. The Kier molecular flexibility index (Phi) is 3.69. The molecule has 17 heavy (non-hydrogen) atoms. The number of halogens is 1. The molecule has 0 radical (unpaired) electrons. The quantitative estimate of drug-likeness (QED) is 0.792. The van der Waals surface area contributed by atoms with Gasteiger partial charge in [-0.1, -0.05) is 6.92 Å². The molecule has 1 saturated heterocycles. The lowest BCUT2D eigenvalue weighted by Crippen LogP contribution is -2.45. The summed E-state index contributed by atoms with van der Waals surface area (Å²) in [6.45, 7) is 4.46. The zero-order valence-electron chi connectivity index (χ0n) is 10.5. The largest absolute Gasteiger partial charge is 0.353 e. The molecular weight excluding hydrogens is 236 g/mol. The fourth-order valence-corrected chi connectivity index (χ4v) is 3.52. The van der Waals surface area contributed by atoms with Crippen molar-refractivity contribution in [1.29, 1.82) is 0 Å². The molecule has 2 aliphatic carbocycles. The summed E-state index contributed by atoms with van der Waals surface area (Å²) in [7, 11) is 0. The fraction of sp³-hybridized carbons (Fsp3) is 0.923. The second-order valence-corrected chi connectivity index (χ2v) is 6.15. The van der Waals surface area contributed by atoms with Crippen LogP contribution in [0.1, 0.15) is 39.0 Å². The average Bonchev–Trinajstić information content (AvgIpc) is 2.91. The topological polar surface area (TPSA) is 41.1 Å². The molecule has 98 valence electrons. The normalized spacial score (nSPS) is 37.8. The molecule has 3 fully saturated rings. The van der Waals surface area contributed by atoms with E-state index in [2.05, 4.69) is 17.6 Å². The lowest BCUT2D eigenvalue weighted by Gasteiger charge is -2.33. The van der Waals surface area contributed by atoms with Gasteiger partial charge >= 0.3 is 0 Å². The molecule has 2 N–H and O–H groups in total. The van der Waals surface area contributed by atoms with Gasteiger partial charge < -0.3 is 10.6 Å². The minimum Gasteiger partial charge on any atom is -0.353 e. The van der Waals surface area contributed by atoms with Crippen LogP contribution in [0.25, 0.3) is 0 Å². The van der Waals surface area contributed by atoms with E-state index in [0.29, 0.717) is 23.3 Å². The SMILES string of the molecule is CC1CC(NC(=O)C2CC23CCNCC3)C1.Cl. The van der Waals surface area contributed by atoms with Crippen LogP contribution in [0.5, 0.6) is 0 Å². The van der Waals surface area contributed by atoms with Gasteiger partial charge in [-0.25, -0.2) is 0 Å². The van der Waals surface area contributed by atoms with Crippen LogP contribution >= 0.6 is 12.4 Å². The summed E-state index contributed by atoms with van der Waals surface area (Å²) in [5.74, 6) is 1.50. The molecule has 1 unspecified atom stereocenters. The van der Waals surface area contributed by atoms with Gasteiger partial charge in [0.25, 0.3) is 0 Å². The van der Waals surface area contributed by atoms with Crippen molar-refractivity contribution in [2.24, 2.45) is 17.3 Å². The number of nitrogens with one attached hydrogen (secondary N) is 2. The third kappa shape index (κ3) is 2.45. The van der Waals surface area contributed by atoms with Crippen LogP contribution in [0.4, 0.5) is 0 Å². The Labute approximate surface area is 110 Å². The highest BCUT2D eigenvalue weighted by Crippen LogP contribution is 2.58. The molecule has 0 aromatic heterocycles. The van der Waals surface area contributed by atoms with Crippen LogP contribution in [0.3, 0.4) is 0 Å². The highest BCUT2D eigenvalue weighted by molar-refractivity contribution is 5.85. The number of rotatable bonds is 2. The molecule has 1 heterocycles. The molecule has 3 aliphatic rings. The van der Waals surface area contributed by atoms with E-state index in [9.17, 15) is 4.79 Å². The summed E-state index contributed by atoms with van der Waals surface area (Å²) in [4.78, 5) is 12.1. The van der Waals surface area contributed by atoms with Crippen LogP contribution in [0.15, 0.2) is 0 Å². The van der Waals surface area contributed by atoms with Crippen molar-refractivity contribution in [1.82, 2.24) is 10.6 Å². The van der Waals surface area contributed by atoms with Crippen LogP contribution in [0, 0.1) is 17.3 Å². The predicted molar refractivity (Wildman–Crippen MR) is 70.2 cm³/mol. The van der Waals surface area contributed by atoms with Gasteiger partial charge in [-0.15, -0.1) is 12.4 Å². The van der Waals surface area contributed by atoms with E-state index in [0.717, 1.165) is 25.4 Å². The fourth-order valence-electron chi connectivity index (χ4n) is 3.52. The molecular formula is C13H23ClN2O. The first-order chi connectivity index (χ1) is 7.70. The zero-order chi connectivity index (χ0) is 11.2. The predicted octanol–water partition coefficient (Wildman–Crippen LogP) is 1.71. The maximum absolute atomic E-state index is 12.1. The molecule has 1 amide bonds. The minimum atomic E-state index is 0. The maximum atomic E-state index is 12.1. The van der Waals surface area contributed by atoms with Gasteiger partial charge in [0.2, 0.25) is 5.91 Å². The van der Waals surface area contributed by atoms with Crippen molar-refractivity contribution in [2.45, 2.75) is 45.1 Å². The molecule has 1 atom stereocenters. The Balaban J connectivity index is 0.00000108. The number of piperidine rings is 1. The van der Waals surface area contributed by atoms with Gasteiger partial charge in [-0.2, -0.15) is 0 Å². The Bertz CT molecular complexity index is 296. The van der Waals surface area contributed by atoms with Gasteiger partial charge in [0.05, 0.1) is 0 Å². The summed E-state index contributed by atoms with van der Waals surface area (Å²) < 4.78 is 0. The standard InChI is InChI=1S/C13H22N2O.ClH/c1-9-6-10(7-9)15-12(16)11-8-13(11)2-4-14-5-3-13;/h9-11,14H,2-8H2,1H3,(H,15,16);1H. The van der Waals surface area contributed by atoms with Crippen LogP contribution < -0.4 is 10.6 Å². The van der Waals surface area contributed by atoms with E-state index in [1.165, 1.54) is 25.7 Å². The van der Waals surface area contributed by atoms with Crippen molar-refractivity contribution < 1.29 is 4.79 Å². The average molecular weight is 259 g/mol. The molecule has 0 bridgehead atoms. The van der Waals surface area contributed by atoms with Crippen LogP contribution in [-0.2, 0) is 4.79 Å². The Hall–Kier alpha value is -0.280. The first-order valence-corrected chi connectivity index (χ1v) is 6.71. The second-order valence-electron chi connectivity index (χ2n) is 6.15. The lowest BCUT2D eigenvalue weighted by molar-refractivity contribution is -0.124. The summed E-state index contributed by atoms with van der Waals surface area (Å²) in [5.41, 5.74) is 0.394. The molecule has 3 nitrogen and oxygen atoms in total. The van der Waals surface area contributed by atoms with Gasteiger partial charge in [-0.3, -0.25) is 4.79 Å². The van der Waals surface area contributed by atoms with Crippen molar-refractivity contribution >= 4 is 18.3 Å². The van der Waals surface area contributed by atoms with Crippen molar-refractivity contribution in [3.63, 3.8) is 0 Å². The molecule has 3 rings (SSSR count). The van der Waals surface area contributed by atoms with E-state index < -0.39 is 0 Å². The molecule has 4 heteroatoms. The number of hydrogen-bond donors (Lipinski definition) is 2. The van der Waals surface area contributed by atoms with Crippen molar-refractivity contribution in [3.05, 3.63) is 0 Å². The van der Waals surface area contributed by atoms with E-state index in [4.69, 9.17) is 0 Å². The van der Waals surface area contributed by atoms with Gasteiger partial charge in [0, 0.05) is 12.0 Å². The van der Waals surface area contributed by atoms with E-state index >= 15 is 0 Å². The van der Waals surface area contributed by atoms with Gasteiger partial charge in [0.15, 0.2) is 0 Å². The number of carbonyl (C=O) groups is 1. The summed E-state index contributed by atoms with van der Waals surface area (Å²) in [5, 5.41) is 6.60. The molecule has 0 aromatic carbocycles. The summed E-state index contributed by atoms with van der Waals surface area (Å²) >= 11 is 0. The highest BCUT2D eigenvalue weighted by Gasteiger charge is 2.57. The van der Waals surface area contributed by atoms with Crippen LogP contribution in [0.2, 0.25) is 0 Å². The number of hydrogen-bond acceptors (Lipinski definition) is 2. The smallest absolute Gasteiger partial charge is 0.223 e. The van der Waals surface area contributed by atoms with Crippen LogP contribution in [-0.4, -0.2) is 25.0 Å². The van der Waals surface area contributed by atoms with Crippen molar-refractivity contribution in [3.8, 4) is 0 Å². The zero-order valence-corrected chi connectivity index (χ0v) is 11.3. The molecule has 2 saturated carbocycles. The van der Waals surface area contributed by atoms with E-state index in [1.54, 1.807) is 0 Å². The Morgan fingerprint density at radius 1 is 1.29 bits per heavy atom. The third-order valence-electron chi connectivity index (χ3n) is 4.83. The summed E-state index contributed by atoms with van der Waals surface area (Å²) in [6, 6.07) is 0.488. The molecule has 0 aromatic rings. The van der Waals surface area contributed by atoms with Crippen molar-refractivity contribution in [2.75, 3.05) is 13.1 Å². The monoisotopic (exact) mass is 258 g/mol. The molecule has 1 aliphatic heterocycles. The third-order valence-corrected chi connectivity index (χ3v) is 4.83. The first kappa shape index (κ1) is 13.2.